The Morgan fingerprint density at radius 1 is 1.00 bits per heavy atom. The Bertz CT molecular complexity index is 301. The van der Waals surface area contributed by atoms with Crippen LogP contribution in [-0.4, -0.2) is 81.8 Å². The van der Waals surface area contributed by atoms with Gasteiger partial charge in [-0.3, -0.25) is 0 Å². The molecule has 0 bridgehead atoms. The lowest BCUT2D eigenvalue weighted by Gasteiger charge is -2.40. The van der Waals surface area contributed by atoms with E-state index in [9.17, 15) is 15.3 Å². The van der Waals surface area contributed by atoms with E-state index >= 15 is 0 Å². The maximum absolute atomic E-state index is 9.82. The number of ether oxygens (including phenoxy) is 3. The van der Waals surface area contributed by atoms with E-state index in [0.29, 0.717) is 12.8 Å². The molecule has 0 aliphatic carbocycles. The van der Waals surface area contributed by atoms with Gasteiger partial charge in [0.1, 0.15) is 12.2 Å². The first-order valence-corrected chi connectivity index (χ1v) is 6.77. The normalized spacial score (nSPS) is 46.4. The van der Waals surface area contributed by atoms with E-state index < -0.39 is 43.1 Å². The van der Waals surface area contributed by atoms with Gasteiger partial charge in [0.2, 0.25) is 0 Å². The predicted octanol–water partition coefficient (Wildman–Crippen LogP) is -2.31. The van der Waals surface area contributed by atoms with Crippen LogP contribution in [0.4, 0.5) is 0 Å². The van der Waals surface area contributed by atoms with Gasteiger partial charge in [0.25, 0.3) is 0 Å². The third kappa shape index (κ3) is 3.66. The molecule has 2 saturated heterocycles. The smallest absolute Gasteiger partial charge is 0.183 e. The molecule has 0 aromatic carbocycles. The molecular weight excluding hydrogens is 272 g/mol. The minimum absolute atomic E-state index is 0.223. The van der Waals surface area contributed by atoms with E-state index in [1.807, 2.05) is 0 Å². The van der Waals surface area contributed by atoms with E-state index in [2.05, 4.69) is 0 Å². The van der Waals surface area contributed by atoms with Gasteiger partial charge < -0.3 is 39.7 Å². The van der Waals surface area contributed by atoms with Crippen molar-refractivity contribution in [2.24, 2.45) is 0 Å². The lowest BCUT2D eigenvalue weighted by atomic mass is 10.0. The first-order chi connectivity index (χ1) is 9.55. The van der Waals surface area contributed by atoms with Crippen molar-refractivity contribution in [3.8, 4) is 0 Å². The van der Waals surface area contributed by atoms with E-state index in [1.54, 1.807) is 0 Å². The van der Waals surface area contributed by atoms with Crippen molar-refractivity contribution >= 4 is 0 Å². The molecule has 2 heterocycles. The number of hydrogen-bond donors (Lipinski definition) is 5. The van der Waals surface area contributed by atoms with Crippen LogP contribution < -0.4 is 0 Å². The summed E-state index contributed by atoms with van der Waals surface area (Å²) in [6, 6.07) is 0. The molecule has 0 aromatic rings. The zero-order valence-corrected chi connectivity index (χ0v) is 11.0. The Labute approximate surface area is 116 Å². The van der Waals surface area contributed by atoms with Crippen LogP contribution in [0.2, 0.25) is 0 Å². The van der Waals surface area contributed by atoms with Crippen LogP contribution in [0.5, 0.6) is 0 Å². The molecule has 0 spiro atoms. The fraction of sp³-hybridized carbons (Fsp3) is 1.00. The Morgan fingerprint density at radius 2 is 1.75 bits per heavy atom. The quantitative estimate of drug-likeness (QED) is 0.391. The monoisotopic (exact) mass is 294 g/mol. The zero-order chi connectivity index (χ0) is 14.7. The molecule has 2 aliphatic rings. The van der Waals surface area contributed by atoms with Gasteiger partial charge in [0, 0.05) is 12.8 Å². The van der Waals surface area contributed by atoms with Crippen molar-refractivity contribution in [2.45, 2.75) is 62.4 Å². The maximum atomic E-state index is 9.82. The van der Waals surface area contributed by atoms with E-state index in [-0.39, 0.29) is 19.6 Å². The lowest BCUT2D eigenvalue weighted by molar-refractivity contribution is -0.304. The van der Waals surface area contributed by atoms with Crippen molar-refractivity contribution in [1.82, 2.24) is 0 Å². The minimum atomic E-state index is -1.42. The fourth-order valence-corrected chi connectivity index (χ4v) is 2.48. The average molecular weight is 294 g/mol. The van der Waals surface area contributed by atoms with Crippen molar-refractivity contribution in [3.63, 3.8) is 0 Å². The van der Waals surface area contributed by atoms with Gasteiger partial charge in [0.05, 0.1) is 31.5 Å². The highest BCUT2D eigenvalue weighted by atomic mass is 16.7. The molecule has 8 heteroatoms. The molecule has 8 nitrogen and oxygen atoms in total. The van der Waals surface area contributed by atoms with Crippen LogP contribution in [0.15, 0.2) is 0 Å². The highest BCUT2D eigenvalue weighted by Crippen LogP contribution is 2.27. The predicted molar refractivity (Wildman–Crippen MR) is 64.5 cm³/mol. The van der Waals surface area contributed by atoms with Gasteiger partial charge in [-0.2, -0.15) is 0 Å². The third-order valence-electron chi connectivity index (χ3n) is 3.66. The van der Waals surface area contributed by atoms with Crippen LogP contribution in [0.1, 0.15) is 19.3 Å². The van der Waals surface area contributed by atoms with Gasteiger partial charge in [-0.05, 0) is 6.42 Å². The summed E-state index contributed by atoms with van der Waals surface area (Å²) in [6.45, 7) is -0.605. The average Bonchev–Trinajstić information content (AvgIpc) is 2.45. The highest BCUT2D eigenvalue weighted by molar-refractivity contribution is 4.83. The summed E-state index contributed by atoms with van der Waals surface area (Å²) in [5.41, 5.74) is 0. The third-order valence-corrected chi connectivity index (χ3v) is 3.66. The molecule has 20 heavy (non-hydrogen) atoms. The summed E-state index contributed by atoms with van der Waals surface area (Å²) in [4.78, 5) is 0. The molecule has 2 rings (SSSR count). The van der Waals surface area contributed by atoms with Crippen molar-refractivity contribution in [1.29, 1.82) is 0 Å². The molecule has 118 valence electrons. The summed E-state index contributed by atoms with van der Waals surface area (Å²) in [5, 5.41) is 47.1. The molecule has 0 amide bonds. The Balaban J connectivity index is 1.91. The molecular formula is C12H22O8. The van der Waals surface area contributed by atoms with Gasteiger partial charge in [-0.25, -0.2) is 0 Å². The summed E-state index contributed by atoms with van der Waals surface area (Å²) >= 11 is 0. The first kappa shape index (κ1) is 16.1. The standard InChI is InChI=1S/C12H22O8/c13-4-6-3-8(11(16)12(17)18-6)19-10-2-1-7(15)9(5-14)20-10/h6-17H,1-5H2/t6?,7-,8-,9+,10-,11-,12+/m0/s1. The van der Waals surface area contributed by atoms with Gasteiger partial charge in [-0.1, -0.05) is 0 Å². The first-order valence-electron chi connectivity index (χ1n) is 6.77. The topological polar surface area (TPSA) is 129 Å². The van der Waals surface area contributed by atoms with Crippen LogP contribution in [0, 0.1) is 0 Å². The molecule has 0 radical (unpaired) electrons. The summed E-state index contributed by atoms with van der Waals surface area (Å²) in [7, 11) is 0. The molecule has 7 atom stereocenters. The number of rotatable bonds is 4. The Kier molecular flexibility index (Phi) is 5.70. The Morgan fingerprint density at radius 3 is 2.40 bits per heavy atom. The van der Waals surface area contributed by atoms with Gasteiger partial charge in [-0.15, -0.1) is 0 Å². The zero-order valence-electron chi connectivity index (χ0n) is 11.0. The van der Waals surface area contributed by atoms with Crippen molar-refractivity contribution < 1.29 is 39.7 Å². The number of aliphatic hydroxyl groups is 5. The summed E-state index contributed by atoms with van der Waals surface area (Å²) < 4.78 is 15.9. The molecule has 1 unspecified atom stereocenters. The van der Waals surface area contributed by atoms with Crippen LogP contribution in [0.25, 0.3) is 0 Å². The molecule has 0 aromatic heterocycles. The SMILES string of the molecule is OCC1C[C@H](O[C@@H]2CC[C@H](O)[C@@H](CO)O2)[C@H](O)[C@H](O)O1. The van der Waals surface area contributed by atoms with Crippen molar-refractivity contribution in [2.75, 3.05) is 13.2 Å². The van der Waals surface area contributed by atoms with Gasteiger partial charge in [0.15, 0.2) is 12.6 Å². The molecule has 2 fully saturated rings. The molecule has 0 saturated carbocycles. The van der Waals surface area contributed by atoms with Crippen molar-refractivity contribution in [3.05, 3.63) is 0 Å². The molecule has 5 N–H and O–H groups in total. The van der Waals surface area contributed by atoms with E-state index in [0.717, 1.165) is 0 Å². The summed E-state index contributed by atoms with van der Waals surface area (Å²) in [5.74, 6) is 0. The maximum Gasteiger partial charge on any atom is 0.183 e. The van der Waals surface area contributed by atoms with Gasteiger partial charge >= 0.3 is 0 Å². The second kappa shape index (κ2) is 7.10. The van der Waals surface area contributed by atoms with Crippen LogP contribution in [0.3, 0.4) is 0 Å². The molecule has 2 aliphatic heterocycles. The van der Waals surface area contributed by atoms with E-state index in [4.69, 9.17) is 24.4 Å². The lowest BCUT2D eigenvalue weighted by Crippen LogP contribution is -2.52. The fourth-order valence-electron chi connectivity index (χ4n) is 2.48. The van der Waals surface area contributed by atoms with E-state index in [1.165, 1.54) is 0 Å². The number of hydrogen-bond acceptors (Lipinski definition) is 8. The second-order valence-corrected chi connectivity index (χ2v) is 5.16. The van der Waals surface area contributed by atoms with Crippen LogP contribution in [-0.2, 0) is 14.2 Å². The highest BCUT2D eigenvalue weighted by Gasteiger charge is 2.40. The largest absolute Gasteiger partial charge is 0.394 e. The second-order valence-electron chi connectivity index (χ2n) is 5.16. The number of aliphatic hydroxyl groups excluding tert-OH is 5. The summed E-state index contributed by atoms with van der Waals surface area (Å²) in [6.07, 6.45) is -5.09. The Hall–Kier alpha value is -0.320. The van der Waals surface area contributed by atoms with Crippen LogP contribution >= 0.6 is 0 Å². The minimum Gasteiger partial charge on any atom is -0.394 e.